The molecule has 1 aromatic carbocycles. The van der Waals surface area contributed by atoms with Crippen LogP contribution in [-0.2, 0) is 9.59 Å². The minimum Gasteiger partial charge on any atom is -0.481 e. The lowest BCUT2D eigenvalue weighted by molar-refractivity contribution is -0.133. The molecule has 17 heavy (non-hydrogen) atoms. The van der Waals surface area contributed by atoms with E-state index in [1.807, 2.05) is 30.5 Å². The van der Waals surface area contributed by atoms with Crippen molar-refractivity contribution in [3.05, 3.63) is 24.3 Å². The maximum Gasteiger partial charge on any atom is 0.313 e. The quantitative estimate of drug-likeness (QED) is 0.776. The van der Waals surface area contributed by atoms with Gasteiger partial charge in [0.15, 0.2) is 0 Å². The number of carbonyl (C=O) groups excluding carboxylic acids is 1. The first kappa shape index (κ1) is 13.9. The van der Waals surface area contributed by atoms with Gasteiger partial charge in [0.1, 0.15) is 0 Å². The minimum absolute atomic E-state index is 0.0567. The SMILES string of the molecule is CSc1ccc(NC(=O)CSCC(=O)O)cc1. The number of carbonyl (C=O) groups is 2. The van der Waals surface area contributed by atoms with Gasteiger partial charge in [-0.15, -0.1) is 23.5 Å². The van der Waals surface area contributed by atoms with E-state index in [9.17, 15) is 9.59 Å². The molecule has 0 saturated carbocycles. The van der Waals surface area contributed by atoms with Crippen molar-refractivity contribution < 1.29 is 14.7 Å². The molecule has 2 N–H and O–H groups in total. The zero-order chi connectivity index (χ0) is 12.7. The Bertz CT molecular complexity index is 392. The highest BCUT2D eigenvalue weighted by molar-refractivity contribution is 8.00. The van der Waals surface area contributed by atoms with Crippen LogP contribution in [0, 0.1) is 0 Å². The topological polar surface area (TPSA) is 66.4 Å². The van der Waals surface area contributed by atoms with Crippen LogP contribution in [0.5, 0.6) is 0 Å². The van der Waals surface area contributed by atoms with E-state index in [1.165, 1.54) is 0 Å². The minimum atomic E-state index is -0.910. The summed E-state index contributed by atoms with van der Waals surface area (Å²) in [5.41, 5.74) is 0.726. The van der Waals surface area contributed by atoms with Crippen molar-refractivity contribution in [1.29, 1.82) is 0 Å². The van der Waals surface area contributed by atoms with E-state index in [0.29, 0.717) is 0 Å². The number of nitrogens with one attached hydrogen (secondary N) is 1. The van der Waals surface area contributed by atoms with E-state index >= 15 is 0 Å². The van der Waals surface area contributed by atoms with Crippen LogP contribution in [0.4, 0.5) is 5.69 Å². The number of anilines is 1. The molecule has 0 saturated heterocycles. The molecule has 0 aliphatic heterocycles. The summed E-state index contributed by atoms with van der Waals surface area (Å²) < 4.78 is 0. The highest BCUT2D eigenvalue weighted by atomic mass is 32.2. The van der Waals surface area contributed by atoms with Gasteiger partial charge in [0.25, 0.3) is 0 Å². The number of carboxylic acids is 1. The Hall–Kier alpha value is -1.14. The molecule has 0 bridgehead atoms. The van der Waals surface area contributed by atoms with Crippen molar-refractivity contribution in [1.82, 2.24) is 0 Å². The normalized spacial score (nSPS) is 9.94. The summed E-state index contributed by atoms with van der Waals surface area (Å²) in [6.07, 6.45) is 1.98. The summed E-state index contributed by atoms with van der Waals surface area (Å²) in [6, 6.07) is 7.49. The highest BCUT2D eigenvalue weighted by Gasteiger charge is 2.04. The first-order chi connectivity index (χ1) is 8.11. The van der Waals surface area contributed by atoms with E-state index in [2.05, 4.69) is 5.32 Å². The van der Waals surface area contributed by atoms with Crippen molar-refractivity contribution in [2.24, 2.45) is 0 Å². The maximum absolute atomic E-state index is 11.4. The second kappa shape index (κ2) is 7.24. The van der Waals surface area contributed by atoms with Gasteiger partial charge in [-0.3, -0.25) is 9.59 Å². The summed E-state index contributed by atoms with van der Waals surface area (Å²) in [4.78, 5) is 22.8. The largest absolute Gasteiger partial charge is 0.481 e. The van der Waals surface area contributed by atoms with Gasteiger partial charge in [0, 0.05) is 10.6 Å². The molecule has 0 aliphatic carbocycles. The molecule has 0 spiro atoms. The molecule has 0 aliphatic rings. The van der Waals surface area contributed by atoms with Gasteiger partial charge in [0.2, 0.25) is 5.91 Å². The third-order valence-electron chi connectivity index (χ3n) is 1.83. The number of hydrogen-bond donors (Lipinski definition) is 2. The van der Waals surface area contributed by atoms with Gasteiger partial charge in [0.05, 0.1) is 11.5 Å². The first-order valence-corrected chi connectivity index (χ1v) is 7.23. The Morgan fingerprint density at radius 2 is 1.88 bits per heavy atom. The second-order valence-corrected chi connectivity index (χ2v) is 5.03. The van der Waals surface area contributed by atoms with Gasteiger partial charge in [-0.2, -0.15) is 0 Å². The first-order valence-electron chi connectivity index (χ1n) is 4.85. The van der Waals surface area contributed by atoms with Crippen LogP contribution in [0.1, 0.15) is 0 Å². The number of aliphatic carboxylic acids is 1. The molecule has 1 aromatic rings. The summed E-state index contributed by atoms with van der Waals surface area (Å²) >= 11 is 2.71. The summed E-state index contributed by atoms with van der Waals surface area (Å²) in [7, 11) is 0. The molecule has 0 aromatic heterocycles. The lowest BCUT2D eigenvalue weighted by atomic mass is 10.3. The van der Waals surface area contributed by atoms with Gasteiger partial charge in [-0.1, -0.05) is 0 Å². The van der Waals surface area contributed by atoms with Crippen LogP contribution in [-0.4, -0.2) is 34.7 Å². The lowest BCUT2D eigenvalue weighted by Gasteiger charge is -2.05. The second-order valence-electron chi connectivity index (χ2n) is 3.16. The molecule has 92 valence electrons. The van der Waals surface area contributed by atoms with Gasteiger partial charge < -0.3 is 10.4 Å². The lowest BCUT2D eigenvalue weighted by Crippen LogP contribution is -2.15. The van der Waals surface area contributed by atoms with Crippen LogP contribution >= 0.6 is 23.5 Å². The van der Waals surface area contributed by atoms with Crippen molar-refractivity contribution in [3.63, 3.8) is 0 Å². The predicted octanol–water partition coefficient (Wildman–Crippen LogP) is 2.16. The molecule has 0 unspecified atom stereocenters. The van der Waals surface area contributed by atoms with E-state index in [0.717, 1.165) is 22.3 Å². The zero-order valence-electron chi connectivity index (χ0n) is 9.30. The molecular formula is C11H13NO3S2. The molecule has 6 heteroatoms. The molecule has 0 atom stereocenters. The van der Waals surface area contributed by atoms with Gasteiger partial charge >= 0.3 is 5.97 Å². The van der Waals surface area contributed by atoms with Crippen molar-refractivity contribution in [3.8, 4) is 0 Å². The van der Waals surface area contributed by atoms with Gasteiger partial charge in [-0.05, 0) is 30.5 Å². The Morgan fingerprint density at radius 3 is 2.41 bits per heavy atom. The molecule has 4 nitrogen and oxygen atoms in total. The fourth-order valence-electron chi connectivity index (χ4n) is 1.10. The Kier molecular flexibility index (Phi) is 5.93. The van der Waals surface area contributed by atoms with Crippen molar-refractivity contribution in [2.45, 2.75) is 4.90 Å². The third-order valence-corrected chi connectivity index (χ3v) is 3.49. The maximum atomic E-state index is 11.4. The predicted molar refractivity (Wildman–Crippen MR) is 71.8 cm³/mol. The summed E-state index contributed by atoms with van der Waals surface area (Å²) in [6.45, 7) is 0. The molecule has 0 radical (unpaired) electrons. The smallest absolute Gasteiger partial charge is 0.313 e. The van der Waals surface area contributed by atoms with E-state index < -0.39 is 5.97 Å². The standard InChI is InChI=1S/C11H13NO3S2/c1-16-9-4-2-8(3-5-9)12-10(13)6-17-7-11(14)15/h2-5H,6-7H2,1H3,(H,12,13)(H,14,15). The monoisotopic (exact) mass is 271 g/mol. The molecular weight excluding hydrogens is 258 g/mol. The molecule has 1 amide bonds. The van der Waals surface area contributed by atoms with E-state index in [-0.39, 0.29) is 17.4 Å². The number of rotatable bonds is 6. The van der Waals surface area contributed by atoms with Crippen LogP contribution in [0.15, 0.2) is 29.2 Å². The van der Waals surface area contributed by atoms with Crippen molar-refractivity contribution in [2.75, 3.05) is 23.1 Å². The number of hydrogen-bond acceptors (Lipinski definition) is 4. The van der Waals surface area contributed by atoms with Crippen LogP contribution in [0.25, 0.3) is 0 Å². The zero-order valence-corrected chi connectivity index (χ0v) is 10.9. The number of amides is 1. The Morgan fingerprint density at radius 1 is 1.24 bits per heavy atom. The number of benzene rings is 1. The average Bonchev–Trinajstić information content (AvgIpc) is 2.29. The van der Waals surface area contributed by atoms with Crippen LogP contribution < -0.4 is 5.32 Å². The number of thioether (sulfide) groups is 2. The van der Waals surface area contributed by atoms with E-state index in [1.54, 1.807) is 11.8 Å². The molecule has 0 heterocycles. The van der Waals surface area contributed by atoms with Crippen LogP contribution in [0.3, 0.4) is 0 Å². The summed E-state index contributed by atoms with van der Waals surface area (Å²) in [5.74, 6) is -1.00. The average molecular weight is 271 g/mol. The number of carboxylic acid groups (broad SMARTS) is 1. The van der Waals surface area contributed by atoms with Crippen LogP contribution in [0.2, 0.25) is 0 Å². The fourth-order valence-corrected chi connectivity index (χ4v) is 2.04. The summed E-state index contributed by atoms with van der Waals surface area (Å²) in [5, 5.41) is 11.1. The van der Waals surface area contributed by atoms with Gasteiger partial charge in [-0.25, -0.2) is 0 Å². The van der Waals surface area contributed by atoms with E-state index in [4.69, 9.17) is 5.11 Å². The van der Waals surface area contributed by atoms with Crippen molar-refractivity contribution >= 4 is 41.1 Å². The highest BCUT2D eigenvalue weighted by Crippen LogP contribution is 2.17. The Balaban J connectivity index is 2.37. The third kappa shape index (κ3) is 5.65. The Labute approximate surface area is 108 Å². The fraction of sp³-hybridized carbons (Fsp3) is 0.273. The molecule has 1 rings (SSSR count). The molecule has 0 fully saturated rings.